The molecule has 0 rings (SSSR count). The summed E-state index contributed by atoms with van der Waals surface area (Å²) in [5.41, 5.74) is 19.5. The lowest BCUT2D eigenvalue weighted by Gasteiger charge is -1.97. The third-order valence-corrected chi connectivity index (χ3v) is 1.14. The first-order chi connectivity index (χ1) is 6.36. The molecule has 0 radical (unpaired) electrons. The molecule has 9 nitrogen and oxygen atoms in total. The Morgan fingerprint density at radius 2 is 1.13 bits per heavy atom. The number of hydrogen-bond donors (Lipinski definition) is 6. The molecule has 15 heavy (non-hydrogen) atoms. The van der Waals surface area contributed by atoms with Crippen LogP contribution in [0.1, 0.15) is 0 Å². The minimum absolute atomic E-state index is 0. The summed E-state index contributed by atoms with van der Waals surface area (Å²) in [6.07, 6.45) is 0. The van der Waals surface area contributed by atoms with E-state index in [2.05, 4.69) is 0 Å². The fraction of sp³-hybridized carbons (Fsp3) is 0.667. The van der Waals surface area contributed by atoms with Gasteiger partial charge in [0.1, 0.15) is 12.1 Å². The zero-order chi connectivity index (χ0) is 11.7. The summed E-state index contributed by atoms with van der Waals surface area (Å²) in [7, 11) is 0. The highest BCUT2D eigenvalue weighted by Gasteiger charge is 2.06. The molecular formula is C6H18N4O5. The molecule has 2 atom stereocenters. The predicted octanol–water partition coefficient (Wildman–Crippen LogP) is -4.11. The van der Waals surface area contributed by atoms with Gasteiger partial charge in [0.15, 0.2) is 0 Å². The molecule has 2 unspecified atom stereocenters. The van der Waals surface area contributed by atoms with E-state index in [-0.39, 0.29) is 18.6 Å². The maximum atomic E-state index is 9.73. The van der Waals surface area contributed by atoms with Crippen LogP contribution in [-0.2, 0) is 9.59 Å². The molecule has 0 heterocycles. The van der Waals surface area contributed by atoms with E-state index in [9.17, 15) is 9.59 Å². The van der Waals surface area contributed by atoms with Crippen LogP contribution in [0.15, 0.2) is 0 Å². The van der Waals surface area contributed by atoms with Gasteiger partial charge in [0.05, 0.1) is 0 Å². The molecule has 0 bridgehead atoms. The summed E-state index contributed by atoms with van der Waals surface area (Å²) in [5.74, 6) is -2.11. The molecule has 0 spiro atoms. The molecule has 0 aliphatic heterocycles. The summed E-state index contributed by atoms with van der Waals surface area (Å²) in [6.45, 7) is -0.00926. The Morgan fingerprint density at radius 1 is 0.933 bits per heavy atom. The Morgan fingerprint density at radius 3 is 1.13 bits per heavy atom. The van der Waals surface area contributed by atoms with E-state index >= 15 is 0 Å². The monoisotopic (exact) mass is 226 g/mol. The molecule has 0 amide bonds. The first kappa shape index (κ1) is 19.3. The van der Waals surface area contributed by atoms with Crippen LogP contribution >= 0.6 is 0 Å². The fourth-order valence-corrected chi connectivity index (χ4v) is 0.202. The van der Waals surface area contributed by atoms with Crippen LogP contribution in [-0.4, -0.2) is 52.8 Å². The maximum absolute atomic E-state index is 9.73. The average molecular weight is 226 g/mol. The van der Waals surface area contributed by atoms with Crippen molar-refractivity contribution in [2.24, 2.45) is 22.9 Å². The van der Waals surface area contributed by atoms with Crippen molar-refractivity contribution >= 4 is 11.9 Å². The van der Waals surface area contributed by atoms with Gasteiger partial charge in [0, 0.05) is 13.1 Å². The van der Waals surface area contributed by atoms with Gasteiger partial charge in [-0.25, -0.2) is 0 Å². The third kappa shape index (κ3) is 12.7. The zero-order valence-corrected chi connectivity index (χ0v) is 8.09. The highest BCUT2D eigenvalue weighted by molar-refractivity contribution is 5.73. The molecule has 0 aliphatic carbocycles. The van der Waals surface area contributed by atoms with E-state index in [1.165, 1.54) is 0 Å². The molecule has 12 N–H and O–H groups in total. The Kier molecular flexibility index (Phi) is 13.9. The molecule has 0 aliphatic rings. The summed E-state index contributed by atoms with van der Waals surface area (Å²) >= 11 is 0. The highest BCUT2D eigenvalue weighted by atomic mass is 16.4. The van der Waals surface area contributed by atoms with Crippen LogP contribution in [0.3, 0.4) is 0 Å². The zero-order valence-electron chi connectivity index (χ0n) is 8.09. The molecule has 92 valence electrons. The lowest BCUT2D eigenvalue weighted by Crippen LogP contribution is -2.37. The molecule has 0 fully saturated rings. The van der Waals surface area contributed by atoms with Gasteiger partial charge in [-0.1, -0.05) is 0 Å². The summed E-state index contributed by atoms with van der Waals surface area (Å²) in [6, 6.07) is -1.81. The normalized spacial score (nSPS) is 12.5. The van der Waals surface area contributed by atoms with E-state index < -0.39 is 24.0 Å². The van der Waals surface area contributed by atoms with Crippen molar-refractivity contribution in [3.05, 3.63) is 0 Å². The van der Waals surface area contributed by atoms with E-state index in [1.54, 1.807) is 0 Å². The van der Waals surface area contributed by atoms with Crippen molar-refractivity contribution in [3.8, 4) is 0 Å². The van der Waals surface area contributed by atoms with Crippen molar-refractivity contribution in [1.29, 1.82) is 0 Å². The predicted molar refractivity (Wildman–Crippen MR) is 52.9 cm³/mol. The van der Waals surface area contributed by atoms with Crippen molar-refractivity contribution < 1.29 is 25.3 Å². The lowest BCUT2D eigenvalue weighted by atomic mass is 10.3. The van der Waals surface area contributed by atoms with Gasteiger partial charge in [0.2, 0.25) is 0 Å². The number of carbonyl (C=O) groups is 2. The van der Waals surface area contributed by atoms with Crippen LogP contribution in [0, 0.1) is 0 Å². The molecule has 0 saturated carbocycles. The van der Waals surface area contributed by atoms with Crippen molar-refractivity contribution in [3.63, 3.8) is 0 Å². The van der Waals surface area contributed by atoms with Gasteiger partial charge in [-0.05, 0) is 0 Å². The van der Waals surface area contributed by atoms with Gasteiger partial charge in [0.25, 0.3) is 0 Å². The van der Waals surface area contributed by atoms with Gasteiger partial charge in [-0.15, -0.1) is 0 Å². The Balaban J connectivity index is -0.000000180. The first-order valence-corrected chi connectivity index (χ1v) is 3.73. The second-order valence-corrected chi connectivity index (χ2v) is 2.36. The van der Waals surface area contributed by atoms with Gasteiger partial charge < -0.3 is 38.6 Å². The smallest absolute Gasteiger partial charge is 0.321 e. The minimum atomic E-state index is -1.05. The van der Waals surface area contributed by atoms with Crippen LogP contribution in [0.4, 0.5) is 0 Å². The van der Waals surface area contributed by atoms with Gasteiger partial charge in [-0.2, -0.15) is 0 Å². The largest absolute Gasteiger partial charge is 0.480 e. The lowest BCUT2D eigenvalue weighted by molar-refractivity contribution is -0.139. The Hall–Kier alpha value is -1.26. The van der Waals surface area contributed by atoms with Crippen LogP contribution < -0.4 is 22.9 Å². The van der Waals surface area contributed by atoms with E-state index in [4.69, 9.17) is 33.1 Å². The van der Waals surface area contributed by atoms with Crippen LogP contribution in [0.2, 0.25) is 0 Å². The van der Waals surface area contributed by atoms with Crippen molar-refractivity contribution in [2.75, 3.05) is 13.1 Å². The van der Waals surface area contributed by atoms with Crippen LogP contribution in [0.25, 0.3) is 0 Å². The van der Waals surface area contributed by atoms with Gasteiger partial charge in [-0.3, -0.25) is 9.59 Å². The van der Waals surface area contributed by atoms with Gasteiger partial charge >= 0.3 is 11.9 Å². The number of hydrogen-bond acceptors (Lipinski definition) is 6. The number of carboxylic acids is 2. The third-order valence-electron chi connectivity index (χ3n) is 1.14. The number of aliphatic carboxylic acids is 2. The summed E-state index contributed by atoms with van der Waals surface area (Å²) in [5, 5.41) is 16.0. The summed E-state index contributed by atoms with van der Waals surface area (Å²) in [4.78, 5) is 19.5. The molecule has 9 heteroatoms. The standard InChI is InChI=1S/2C3H8N2O2.H2O/c2*4-1-2(5)3(6)7;/h2*2H,1,4-5H2,(H,6,7);1H2. The minimum Gasteiger partial charge on any atom is -0.480 e. The van der Waals surface area contributed by atoms with E-state index in [1.807, 2.05) is 0 Å². The second kappa shape index (κ2) is 10.8. The topological polar surface area (TPSA) is 210 Å². The SMILES string of the molecule is NCC(N)C(=O)O.NCC(N)C(=O)O.O. The fourth-order valence-electron chi connectivity index (χ4n) is 0.202. The van der Waals surface area contributed by atoms with Crippen molar-refractivity contribution in [1.82, 2.24) is 0 Å². The molecule has 0 aromatic carbocycles. The first-order valence-electron chi connectivity index (χ1n) is 3.73. The molecule has 0 aromatic rings. The second-order valence-electron chi connectivity index (χ2n) is 2.36. The molecule has 0 saturated heterocycles. The average Bonchev–Trinajstić information content (AvgIpc) is 2.15. The Bertz CT molecular complexity index is 168. The van der Waals surface area contributed by atoms with Crippen LogP contribution in [0.5, 0.6) is 0 Å². The highest BCUT2D eigenvalue weighted by Crippen LogP contribution is 1.69. The number of nitrogens with two attached hydrogens (primary N) is 4. The summed E-state index contributed by atoms with van der Waals surface area (Å²) < 4.78 is 0. The quantitative estimate of drug-likeness (QED) is 0.276. The van der Waals surface area contributed by atoms with E-state index in [0.29, 0.717) is 0 Å². The molecular weight excluding hydrogens is 208 g/mol. The molecule has 0 aromatic heterocycles. The van der Waals surface area contributed by atoms with E-state index in [0.717, 1.165) is 0 Å². The number of rotatable bonds is 4. The van der Waals surface area contributed by atoms with Crippen molar-refractivity contribution in [2.45, 2.75) is 12.1 Å². The Labute approximate surface area is 86.3 Å². The maximum Gasteiger partial charge on any atom is 0.321 e. The number of carboxylic acid groups (broad SMARTS) is 2.